The van der Waals surface area contributed by atoms with Gasteiger partial charge in [-0.2, -0.15) is 0 Å². The monoisotopic (exact) mass is 406 g/mol. The van der Waals surface area contributed by atoms with Gasteiger partial charge in [-0.15, -0.1) is 0 Å². The first kappa shape index (κ1) is 17.1. The minimum atomic E-state index is -0.394. The molecular weight excluding hydrogens is 384 g/mol. The first-order valence-corrected chi connectivity index (χ1v) is 9.76. The van der Waals surface area contributed by atoms with Crippen LogP contribution < -0.4 is 4.74 Å². The van der Waals surface area contributed by atoms with Gasteiger partial charge in [0.1, 0.15) is 5.75 Å². The number of alkyl halides is 1. The average molecular weight is 407 g/mol. The van der Waals surface area contributed by atoms with Gasteiger partial charge in [-0.1, -0.05) is 15.9 Å². The van der Waals surface area contributed by atoms with Crippen molar-refractivity contribution >= 4 is 27.9 Å². The lowest BCUT2D eigenvalue weighted by atomic mass is 9.49. The molecule has 0 radical (unpaired) electrons. The number of hydrogen-bond acceptors (Lipinski definition) is 4. The molecule has 5 heteroatoms. The lowest BCUT2D eigenvalue weighted by Crippen LogP contribution is -2.53. The molecule has 0 amide bonds. The van der Waals surface area contributed by atoms with Crippen LogP contribution in [0.1, 0.15) is 55.3 Å². The summed E-state index contributed by atoms with van der Waals surface area (Å²) in [4.78, 5) is 24.0. The van der Waals surface area contributed by atoms with Crippen molar-refractivity contribution in [1.29, 1.82) is 0 Å². The quantitative estimate of drug-likeness (QED) is 0.419. The highest BCUT2D eigenvalue weighted by Gasteiger charge is 2.57. The zero-order chi connectivity index (χ0) is 17.7. The van der Waals surface area contributed by atoms with Gasteiger partial charge in [0.2, 0.25) is 0 Å². The summed E-state index contributed by atoms with van der Waals surface area (Å²) in [6.07, 6.45) is 7.75. The van der Waals surface area contributed by atoms with Gasteiger partial charge in [0.15, 0.2) is 0 Å². The molecule has 5 rings (SSSR count). The van der Waals surface area contributed by atoms with E-state index < -0.39 is 5.97 Å². The van der Waals surface area contributed by atoms with Gasteiger partial charge in [-0.05, 0) is 80.0 Å². The van der Waals surface area contributed by atoms with Crippen LogP contribution in [0, 0.1) is 17.3 Å². The maximum absolute atomic E-state index is 12.5. The van der Waals surface area contributed by atoms with E-state index in [0.717, 1.165) is 31.1 Å². The third-order valence-electron chi connectivity index (χ3n) is 6.14. The van der Waals surface area contributed by atoms with Crippen LogP contribution in [-0.4, -0.2) is 23.4 Å². The van der Waals surface area contributed by atoms with E-state index in [2.05, 4.69) is 20.7 Å². The number of rotatable bonds is 4. The fourth-order valence-electron chi connectivity index (χ4n) is 5.79. The largest absolute Gasteiger partial charge is 0.465 e. The minimum absolute atomic E-state index is 0.108. The molecule has 0 aromatic heterocycles. The second-order valence-corrected chi connectivity index (χ2v) is 9.96. The molecule has 0 spiro atoms. The van der Waals surface area contributed by atoms with E-state index in [1.165, 1.54) is 26.4 Å². The second kappa shape index (κ2) is 6.11. The van der Waals surface area contributed by atoms with Crippen LogP contribution in [0.4, 0.5) is 0 Å². The van der Waals surface area contributed by atoms with Crippen molar-refractivity contribution in [1.82, 2.24) is 0 Å². The Labute approximate surface area is 156 Å². The van der Waals surface area contributed by atoms with Gasteiger partial charge in [0.25, 0.3) is 0 Å². The zero-order valence-electron chi connectivity index (χ0n) is 14.4. The number of ether oxygens (including phenoxy) is 2. The number of carbonyl (C=O) groups is 2. The molecule has 4 aliphatic rings. The van der Waals surface area contributed by atoms with Crippen molar-refractivity contribution < 1.29 is 19.1 Å². The molecule has 0 saturated heterocycles. The van der Waals surface area contributed by atoms with Gasteiger partial charge >= 0.3 is 11.9 Å². The Morgan fingerprint density at radius 2 is 1.76 bits per heavy atom. The summed E-state index contributed by atoms with van der Waals surface area (Å²) < 4.78 is 10.5. The first-order valence-electron chi connectivity index (χ1n) is 8.97. The SMILES string of the molecule is COC(=O)c1ccc(OC(=O)CC23C[C@@H]4C[C@@H](CC(Br)(C4)C2)C3)cc1. The predicted molar refractivity (Wildman–Crippen MR) is 96.8 cm³/mol. The van der Waals surface area contributed by atoms with E-state index in [1.807, 2.05) is 0 Å². The van der Waals surface area contributed by atoms with Crippen LogP contribution in [-0.2, 0) is 9.53 Å². The number of hydrogen-bond donors (Lipinski definition) is 0. The second-order valence-electron chi connectivity index (χ2n) is 8.28. The van der Waals surface area contributed by atoms with Crippen LogP contribution in [0.3, 0.4) is 0 Å². The normalized spacial score (nSPS) is 35.4. The van der Waals surface area contributed by atoms with Crippen molar-refractivity contribution in [3.8, 4) is 5.75 Å². The van der Waals surface area contributed by atoms with Crippen molar-refractivity contribution in [3.63, 3.8) is 0 Å². The Morgan fingerprint density at radius 3 is 2.32 bits per heavy atom. The minimum Gasteiger partial charge on any atom is -0.465 e. The van der Waals surface area contributed by atoms with Crippen LogP contribution >= 0.6 is 15.9 Å². The Hall–Kier alpha value is -1.36. The highest BCUT2D eigenvalue weighted by Crippen LogP contribution is 2.65. The predicted octanol–water partition coefficient (Wildman–Crippen LogP) is 4.50. The fourth-order valence-corrected chi connectivity index (χ4v) is 7.30. The molecular formula is C20H23BrO4. The summed E-state index contributed by atoms with van der Waals surface area (Å²) in [7, 11) is 1.35. The summed E-state index contributed by atoms with van der Waals surface area (Å²) in [5.74, 6) is 1.44. The molecule has 1 aromatic rings. The maximum atomic E-state index is 12.5. The molecule has 0 N–H and O–H groups in total. The molecule has 4 fully saturated rings. The smallest absolute Gasteiger partial charge is 0.337 e. The van der Waals surface area contributed by atoms with Crippen LogP contribution in [0.2, 0.25) is 0 Å². The Kier molecular flexibility index (Phi) is 4.18. The van der Waals surface area contributed by atoms with Crippen molar-refractivity contribution in [2.75, 3.05) is 7.11 Å². The van der Waals surface area contributed by atoms with Gasteiger partial charge in [0, 0.05) is 4.32 Å². The lowest BCUT2D eigenvalue weighted by molar-refractivity contribution is -0.141. The lowest BCUT2D eigenvalue weighted by Gasteiger charge is -2.60. The van der Waals surface area contributed by atoms with Gasteiger partial charge < -0.3 is 9.47 Å². The van der Waals surface area contributed by atoms with Crippen LogP contribution in [0.15, 0.2) is 24.3 Å². The summed E-state index contributed by atoms with van der Waals surface area (Å²) in [6.45, 7) is 0. The molecule has 2 unspecified atom stereocenters. The van der Waals surface area contributed by atoms with Gasteiger partial charge in [-0.25, -0.2) is 4.79 Å². The standard InChI is InChI=1S/C20H23BrO4/c1-24-18(23)15-2-4-16(5-3-15)25-17(22)11-19-7-13-6-14(8-19)10-20(21,9-13)12-19/h2-5,13-14H,6-12H2,1H3/t13-,14+,19?,20?. The fraction of sp³-hybridized carbons (Fsp3) is 0.600. The topological polar surface area (TPSA) is 52.6 Å². The van der Waals surface area contributed by atoms with E-state index in [1.54, 1.807) is 24.3 Å². The zero-order valence-corrected chi connectivity index (χ0v) is 16.0. The first-order chi connectivity index (χ1) is 11.9. The van der Waals surface area contributed by atoms with Crippen molar-refractivity contribution in [3.05, 3.63) is 29.8 Å². The van der Waals surface area contributed by atoms with E-state index in [0.29, 0.717) is 17.7 Å². The Morgan fingerprint density at radius 1 is 1.12 bits per heavy atom. The van der Waals surface area contributed by atoms with Crippen LogP contribution in [0.5, 0.6) is 5.75 Å². The highest BCUT2D eigenvalue weighted by atomic mass is 79.9. The highest BCUT2D eigenvalue weighted by molar-refractivity contribution is 9.10. The third-order valence-corrected chi connectivity index (χ3v) is 7.07. The molecule has 4 nitrogen and oxygen atoms in total. The molecule has 4 atom stereocenters. The summed E-state index contributed by atoms with van der Waals surface area (Å²) >= 11 is 3.98. The summed E-state index contributed by atoms with van der Waals surface area (Å²) in [5.41, 5.74) is 0.556. The molecule has 0 aliphatic heterocycles. The number of benzene rings is 1. The molecule has 4 saturated carbocycles. The summed E-state index contributed by atoms with van der Waals surface area (Å²) in [5, 5.41) is 0. The van der Waals surface area contributed by atoms with E-state index in [-0.39, 0.29) is 15.7 Å². The number of esters is 2. The number of methoxy groups -OCH3 is 1. The third kappa shape index (κ3) is 3.35. The van der Waals surface area contributed by atoms with Crippen molar-refractivity contribution in [2.45, 2.75) is 49.3 Å². The molecule has 4 aliphatic carbocycles. The summed E-state index contributed by atoms with van der Waals surface area (Å²) in [6, 6.07) is 6.53. The molecule has 25 heavy (non-hydrogen) atoms. The van der Waals surface area contributed by atoms with Crippen molar-refractivity contribution in [2.24, 2.45) is 17.3 Å². The Balaban J connectivity index is 1.42. The van der Waals surface area contributed by atoms with E-state index >= 15 is 0 Å². The van der Waals surface area contributed by atoms with E-state index in [4.69, 9.17) is 4.74 Å². The maximum Gasteiger partial charge on any atom is 0.337 e. The average Bonchev–Trinajstić information content (AvgIpc) is 2.51. The number of halogens is 1. The number of carbonyl (C=O) groups excluding carboxylic acids is 2. The molecule has 1 aromatic carbocycles. The van der Waals surface area contributed by atoms with Crippen LogP contribution in [0.25, 0.3) is 0 Å². The van der Waals surface area contributed by atoms with Gasteiger partial charge in [0.05, 0.1) is 19.1 Å². The van der Waals surface area contributed by atoms with Gasteiger partial charge in [-0.3, -0.25) is 4.79 Å². The molecule has 134 valence electrons. The Bertz CT molecular complexity index is 682. The molecule has 4 bridgehead atoms. The molecule has 0 heterocycles. The van der Waals surface area contributed by atoms with E-state index in [9.17, 15) is 9.59 Å².